The van der Waals surface area contributed by atoms with Crippen molar-refractivity contribution in [2.45, 2.75) is 85.5 Å². The van der Waals surface area contributed by atoms with Gasteiger partial charge in [-0.3, -0.25) is 9.59 Å². The summed E-state index contributed by atoms with van der Waals surface area (Å²) in [5, 5.41) is 6.46. The Balaban J connectivity index is 2.41. The molecule has 0 aliphatic carbocycles. The Morgan fingerprint density at radius 1 is 1.15 bits per heavy atom. The molecule has 0 aliphatic rings. The smallest absolute Gasteiger partial charge is 0.245 e. The second-order valence-corrected chi connectivity index (χ2v) is 7.74. The first kappa shape index (κ1) is 23.2. The molecule has 2 amide bonds. The van der Waals surface area contributed by atoms with E-state index in [1.54, 1.807) is 17.9 Å². The summed E-state index contributed by atoms with van der Waals surface area (Å²) >= 11 is 0. The zero-order chi connectivity index (χ0) is 20.1. The van der Waals surface area contributed by atoms with E-state index in [0.717, 1.165) is 19.3 Å². The number of aromatic nitrogens is 1. The first-order chi connectivity index (χ1) is 12.9. The van der Waals surface area contributed by atoms with Crippen molar-refractivity contribution >= 4 is 17.6 Å². The van der Waals surface area contributed by atoms with Crippen LogP contribution in [0.15, 0.2) is 10.6 Å². The molecule has 1 heterocycles. The number of nitrogens with zero attached hydrogens (tertiary/aromatic N) is 2. The molecule has 0 aliphatic heterocycles. The van der Waals surface area contributed by atoms with E-state index in [4.69, 9.17) is 4.52 Å². The van der Waals surface area contributed by atoms with Crippen LogP contribution >= 0.6 is 0 Å². The van der Waals surface area contributed by atoms with Crippen LogP contribution in [0, 0.1) is 12.8 Å². The number of amides is 2. The fraction of sp³-hybridized carbons (Fsp3) is 0.762. The number of hydrogen-bond acceptors (Lipinski definition) is 4. The molecular weight excluding hydrogens is 342 g/mol. The first-order valence-electron chi connectivity index (χ1n) is 10.4. The van der Waals surface area contributed by atoms with Crippen molar-refractivity contribution in [3.63, 3.8) is 0 Å². The van der Waals surface area contributed by atoms with Gasteiger partial charge in [0.2, 0.25) is 11.8 Å². The number of carbonyl (C=O) groups is 2. The lowest BCUT2D eigenvalue weighted by atomic mass is 10.1. The molecule has 0 saturated carbocycles. The minimum Gasteiger partial charge on any atom is -0.360 e. The highest BCUT2D eigenvalue weighted by molar-refractivity contribution is 5.93. The van der Waals surface area contributed by atoms with Gasteiger partial charge in [-0.05, 0) is 25.7 Å². The number of hydrogen-bond donors (Lipinski definition) is 1. The van der Waals surface area contributed by atoms with E-state index in [-0.39, 0.29) is 18.4 Å². The van der Waals surface area contributed by atoms with Crippen LogP contribution in [0.25, 0.3) is 0 Å². The number of aryl methyl sites for hydroxylation is 1. The molecule has 0 radical (unpaired) electrons. The topological polar surface area (TPSA) is 75.4 Å². The average molecular weight is 380 g/mol. The third-order valence-corrected chi connectivity index (χ3v) is 4.55. The quantitative estimate of drug-likeness (QED) is 0.465. The van der Waals surface area contributed by atoms with Crippen molar-refractivity contribution in [3.8, 4) is 0 Å². The fourth-order valence-electron chi connectivity index (χ4n) is 2.88. The minimum atomic E-state index is -0.236. The first-order valence-corrected chi connectivity index (χ1v) is 10.4. The number of rotatable bonds is 14. The summed E-state index contributed by atoms with van der Waals surface area (Å²) in [6.45, 7) is 8.90. The van der Waals surface area contributed by atoms with Gasteiger partial charge >= 0.3 is 0 Å². The summed E-state index contributed by atoms with van der Waals surface area (Å²) in [5.74, 6) is 1.34. The van der Waals surface area contributed by atoms with E-state index in [2.05, 4.69) is 31.2 Å². The Kier molecular flexibility index (Phi) is 11.5. The highest BCUT2D eigenvalue weighted by atomic mass is 16.5. The second-order valence-electron chi connectivity index (χ2n) is 7.74. The SMILES string of the molecule is CCCCCCCCCC(=O)N(CCC(C)C)CC(=O)Nc1cc(C)on1. The van der Waals surface area contributed by atoms with Crippen LogP contribution in [0.5, 0.6) is 0 Å². The van der Waals surface area contributed by atoms with Gasteiger partial charge in [-0.25, -0.2) is 0 Å². The lowest BCUT2D eigenvalue weighted by Gasteiger charge is -2.23. The zero-order valence-corrected chi connectivity index (χ0v) is 17.6. The van der Waals surface area contributed by atoms with Gasteiger partial charge in [0.1, 0.15) is 5.76 Å². The van der Waals surface area contributed by atoms with Crippen LogP contribution < -0.4 is 5.32 Å². The summed E-state index contributed by atoms with van der Waals surface area (Å²) in [6, 6.07) is 1.66. The Morgan fingerprint density at radius 3 is 2.41 bits per heavy atom. The van der Waals surface area contributed by atoms with Crippen LogP contribution in [-0.4, -0.2) is 35.0 Å². The lowest BCUT2D eigenvalue weighted by molar-refractivity contribution is -0.135. The maximum atomic E-state index is 12.6. The molecule has 1 aromatic rings. The van der Waals surface area contributed by atoms with E-state index in [0.29, 0.717) is 30.5 Å². The Bertz CT molecular complexity index is 555. The minimum absolute atomic E-state index is 0.0635. The van der Waals surface area contributed by atoms with Gasteiger partial charge in [0, 0.05) is 19.0 Å². The van der Waals surface area contributed by atoms with Crippen molar-refractivity contribution in [1.82, 2.24) is 10.1 Å². The molecule has 0 spiro atoms. The Labute approximate surface area is 164 Å². The standard InChI is InChI=1S/C21H37N3O3/c1-5-6-7-8-9-10-11-12-21(26)24(14-13-17(2)3)16-20(25)22-19-15-18(4)27-23-19/h15,17H,5-14,16H2,1-4H3,(H,22,23,25). The van der Waals surface area contributed by atoms with Crippen LogP contribution in [0.4, 0.5) is 5.82 Å². The number of nitrogens with one attached hydrogen (secondary N) is 1. The Hall–Kier alpha value is -1.85. The fourth-order valence-corrected chi connectivity index (χ4v) is 2.88. The summed E-state index contributed by atoms with van der Waals surface area (Å²) in [6.07, 6.45) is 9.64. The Morgan fingerprint density at radius 2 is 1.81 bits per heavy atom. The van der Waals surface area contributed by atoms with Crippen molar-refractivity contribution in [2.75, 3.05) is 18.4 Å². The molecule has 1 N–H and O–H groups in total. The molecule has 0 bridgehead atoms. The zero-order valence-electron chi connectivity index (χ0n) is 17.6. The van der Waals surface area contributed by atoms with E-state index in [1.165, 1.54) is 32.1 Å². The molecule has 0 saturated heterocycles. The largest absolute Gasteiger partial charge is 0.360 e. The van der Waals surface area contributed by atoms with Crippen molar-refractivity contribution in [1.29, 1.82) is 0 Å². The van der Waals surface area contributed by atoms with Gasteiger partial charge in [0.15, 0.2) is 5.82 Å². The van der Waals surface area contributed by atoms with E-state index in [9.17, 15) is 9.59 Å². The van der Waals surface area contributed by atoms with Crippen molar-refractivity contribution in [2.24, 2.45) is 5.92 Å². The average Bonchev–Trinajstić information content (AvgIpc) is 3.02. The highest BCUT2D eigenvalue weighted by Gasteiger charge is 2.18. The highest BCUT2D eigenvalue weighted by Crippen LogP contribution is 2.12. The summed E-state index contributed by atoms with van der Waals surface area (Å²) in [5.41, 5.74) is 0. The van der Waals surface area contributed by atoms with E-state index < -0.39 is 0 Å². The van der Waals surface area contributed by atoms with Gasteiger partial charge in [-0.15, -0.1) is 0 Å². The van der Waals surface area contributed by atoms with E-state index >= 15 is 0 Å². The van der Waals surface area contributed by atoms with Crippen LogP contribution in [0.1, 0.15) is 84.3 Å². The predicted molar refractivity (Wildman–Crippen MR) is 109 cm³/mol. The predicted octanol–water partition coefficient (Wildman–Crippen LogP) is 4.94. The van der Waals surface area contributed by atoms with Crippen molar-refractivity contribution < 1.29 is 14.1 Å². The van der Waals surface area contributed by atoms with E-state index in [1.807, 2.05) is 0 Å². The number of carbonyl (C=O) groups excluding carboxylic acids is 2. The normalized spacial score (nSPS) is 11.0. The third-order valence-electron chi connectivity index (χ3n) is 4.55. The van der Waals surface area contributed by atoms with Crippen LogP contribution in [0.2, 0.25) is 0 Å². The molecule has 0 aromatic carbocycles. The molecular formula is C21H37N3O3. The molecule has 6 nitrogen and oxygen atoms in total. The van der Waals surface area contributed by atoms with Gasteiger partial charge in [0.25, 0.3) is 0 Å². The van der Waals surface area contributed by atoms with Gasteiger partial charge < -0.3 is 14.7 Å². The monoisotopic (exact) mass is 379 g/mol. The van der Waals surface area contributed by atoms with Gasteiger partial charge in [-0.2, -0.15) is 0 Å². The second kappa shape index (κ2) is 13.3. The third kappa shape index (κ3) is 10.8. The maximum Gasteiger partial charge on any atom is 0.245 e. The van der Waals surface area contributed by atoms with Crippen molar-refractivity contribution in [3.05, 3.63) is 11.8 Å². The molecule has 0 unspecified atom stereocenters. The van der Waals surface area contributed by atoms with Gasteiger partial charge in [0.05, 0.1) is 6.54 Å². The molecule has 0 fully saturated rings. The van der Waals surface area contributed by atoms with Crippen LogP contribution in [0.3, 0.4) is 0 Å². The molecule has 1 aromatic heterocycles. The molecule has 0 atom stereocenters. The lowest BCUT2D eigenvalue weighted by Crippen LogP contribution is -2.39. The summed E-state index contributed by atoms with van der Waals surface area (Å²) in [4.78, 5) is 26.5. The maximum absolute atomic E-state index is 12.6. The molecule has 6 heteroatoms. The number of unbranched alkanes of at least 4 members (excludes halogenated alkanes) is 6. The molecule has 154 valence electrons. The molecule has 27 heavy (non-hydrogen) atoms. The molecule has 1 rings (SSSR count). The van der Waals surface area contributed by atoms with Crippen LogP contribution in [-0.2, 0) is 9.59 Å². The number of anilines is 1. The summed E-state index contributed by atoms with van der Waals surface area (Å²) in [7, 11) is 0. The van der Waals surface area contributed by atoms with Gasteiger partial charge in [-0.1, -0.05) is 64.5 Å². The summed E-state index contributed by atoms with van der Waals surface area (Å²) < 4.78 is 4.95.